The number of hydrogen-bond acceptors (Lipinski definition) is 4. The van der Waals surface area contributed by atoms with Gasteiger partial charge in [-0.2, -0.15) is 0 Å². The average Bonchev–Trinajstić information content (AvgIpc) is 3.05. The molecule has 0 radical (unpaired) electrons. The van der Waals surface area contributed by atoms with Gasteiger partial charge in [0.15, 0.2) is 0 Å². The topological polar surface area (TPSA) is 58.2 Å². The molecule has 2 atom stereocenters. The van der Waals surface area contributed by atoms with Gasteiger partial charge in [0.25, 0.3) is 0 Å². The Kier molecular flexibility index (Phi) is 4.41. The third kappa shape index (κ3) is 3.67. The first-order valence-corrected chi connectivity index (χ1v) is 10.1. The zero-order valence-corrected chi connectivity index (χ0v) is 14.3. The molecule has 1 heterocycles. The van der Waals surface area contributed by atoms with Crippen LogP contribution < -0.4 is 10.0 Å². The lowest BCUT2D eigenvalue weighted by atomic mass is 10.1. The van der Waals surface area contributed by atoms with Crippen molar-refractivity contribution in [3.8, 4) is 0 Å². The van der Waals surface area contributed by atoms with Gasteiger partial charge in [0.05, 0.1) is 4.90 Å². The molecule has 3 rings (SSSR count). The second-order valence-corrected chi connectivity index (χ2v) is 9.45. The summed E-state index contributed by atoms with van der Waals surface area (Å²) in [6.07, 6.45) is 5.69. The molecule has 2 aliphatic carbocycles. The highest BCUT2D eigenvalue weighted by Gasteiger charge is 2.30. The van der Waals surface area contributed by atoms with E-state index in [4.69, 9.17) is 0 Å². The van der Waals surface area contributed by atoms with E-state index in [1.807, 2.05) is 13.0 Å². The van der Waals surface area contributed by atoms with Crippen LogP contribution in [0.5, 0.6) is 0 Å². The summed E-state index contributed by atoms with van der Waals surface area (Å²) in [5, 5.41) is 3.44. The molecule has 0 spiro atoms. The molecule has 0 bridgehead atoms. The summed E-state index contributed by atoms with van der Waals surface area (Å²) in [5.74, 6) is 0.440. The zero-order chi connectivity index (χ0) is 15.0. The third-order valence-electron chi connectivity index (χ3n) is 4.52. The molecule has 118 valence electrons. The van der Waals surface area contributed by atoms with Crippen molar-refractivity contribution >= 4 is 21.4 Å². The molecule has 0 amide bonds. The Labute approximate surface area is 131 Å². The maximum absolute atomic E-state index is 12.6. The van der Waals surface area contributed by atoms with Gasteiger partial charge in [-0.05, 0) is 44.6 Å². The Balaban J connectivity index is 1.71. The summed E-state index contributed by atoms with van der Waals surface area (Å²) in [6.45, 7) is 4.81. The summed E-state index contributed by atoms with van der Waals surface area (Å²) < 4.78 is 28.1. The quantitative estimate of drug-likeness (QED) is 0.844. The van der Waals surface area contributed by atoms with Crippen LogP contribution in [-0.4, -0.2) is 20.5 Å². The fraction of sp³-hybridized carbons (Fsp3) is 0.733. The van der Waals surface area contributed by atoms with Crippen LogP contribution in [0.4, 0.5) is 0 Å². The van der Waals surface area contributed by atoms with Gasteiger partial charge in [0.1, 0.15) is 0 Å². The fourth-order valence-corrected chi connectivity index (χ4v) is 5.96. The molecule has 6 heteroatoms. The van der Waals surface area contributed by atoms with E-state index < -0.39 is 10.0 Å². The molecule has 21 heavy (non-hydrogen) atoms. The Morgan fingerprint density at radius 2 is 2.05 bits per heavy atom. The van der Waals surface area contributed by atoms with Gasteiger partial charge in [-0.1, -0.05) is 13.3 Å². The average molecular weight is 329 g/mol. The van der Waals surface area contributed by atoms with Crippen molar-refractivity contribution in [2.24, 2.45) is 5.92 Å². The van der Waals surface area contributed by atoms with Crippen molar-refractivity contribution in [3.63, 3.8) is 0 Å². The maximum atomic E-state index is 12.6. The van der Waals surface area contributed by atoms with Gasteiger partial charge in [0.2, 0.25) is 10.0 Å². The first kappa shape index (κ1) is 15.5. The van der Waals surface area contributed by atoms with E-state index in [-0.39, 0.29) is 6.04 Å². The van der Waals surface area contributed by atoms with Gasteiger partial charge in [-0.3, -0.25) is 0 Å². The normalized spacial score (nSPS) is 26.4. The molecular weight excluding hydrogens is 304 g/mol. The van der Waals surface area contributed by atoms with Crippen LogP contribution in [0.15, 0.2) is 11.0 Å². The summed E-state index contributed by atoms with van der Waals surface area (Å²) in [7, 11) is -3.38. The van der Waals surface area contributed by atoms with E-state index >= 15 is 0 Å². The Hall–Kier alpha value is -0.430. The van der Waals surface area contributed by atoms with Crippen LogP contribution in [0, 0.1) is 12.8 Å². The lowest BCUT2D eigenvalue weighted by Crippen LogP contribution is -2.36. The van der Waals surface area contributed by atoms with Crippen LogP contribution in [0.3, 0.4) is 0 Å². The molecule has 2 N–H and O–H groups in total. The summed E-state index contributed by atoms with van der Waals surface area (Å²) >= 11 is 1.59. The van der Waals surface area contributed by atoms with Crippen molar-refractivity contribution in [1.82, 2.24) is 10.0 Å². The molecule has 1 aromatic rings. The summed E-state index contributed by atoms with van der Waals surface area (Å²) in [6, 6.07) is 2.59. The van der Waals surface area contributed by atoms with Gasteiger partial charge < -0.3 is 5.32 Å². The molecule has 4 nitrogen and oxygen atoms in total. The monoisotopic (exact) mass is 328 g/mol. The number of sulfonamides is 1. The number of hydrogen-bond donors (Lipinski definition) is 2. The van der Waals surface area contributed by atoms with Crippen LogP contribution in [0.1, 0.15) is 48.8 Å². The summed E-state index contributed by atoms with van der Waals surface area (Å²) in [4.78, 5) is 2.47. The van der Waals surface area contributed by atoms with E-state index in [9.17, 15) is 8.42 Å². The van der Waals surface area contributed by atoms with E-state index in [1.54, 1.807) is 11.3 Å². The highest BCUT2D eigenvalue weighted by molar-refractivity contribution is 7.89. The molecule has 2 aliphatic rings. The molecule has 0 aromatic carbocycles. The number of nitrogens with one attached hydrogen (secondary N) is 2. The minimum absolute atomic E-state index is 0.0994. The standard InChI is InChI=1S/C15H24N2O2S2/c1-10-4-3-5-14(10)17-21(18,19)15-8-13(20-11(15)2)9-16-12-6-7-12/h8,10,12,14,16-17H,3-7,9H2,1-2H3. The van der Waals surface area contributed by atoms with Crippen molar-refractivity contribution < 1.29 is 8.42 Å². The Morgan fingerprint density at radius 3 is 2.67 bits per heavy atom. The van der Waals surface area contributed by atoms with Crippen LogP contribution in [0.2, 0.25) is 0 Å². The predicted molar refractivity (Wildman–Crippen MR) is 86.0 cm³/mol. The third-order valence-corrected chi connectivity index (χ3v) is 7.32. The van der Waals surface area contributed by atoms with Crippen molar-refractivity contribution in [3.05, 3.63) is 15.8 Å². The smallest absolute Gasteiger partial charge is 0.241 e. The fourth-order valence-electron chi connectivity index (χ4n) is 2.99. The van der Waals surface area contributed by atoms with E-state index in [2.05, 4.69) is 17.0 Å². The predicted octanol–water partition coefficient (Wildman–Crippen LogP) is 2.78. The van der Waals surface area contributed by atoms with Crippen LogP contribution in [0.25, 0.3) is 0 Å². The molecular formula is C15H24N2O2S2. The largest absolute Gasteiger partial charge is 0.309 e. The highest BCUT2D eigenvalue weighted by atomic mass is 32.2. The van der Waals surface area contributed by atoms with Gasteiger partial charge in [0, 0.05) is 28.4 Å². The maximum Gasteiger partial charge on any atom is 0.241 e. The molecule has 2 saturated carbocycles. The SMILES string of the molecule is Cc1sc(CNC2CC2)cc1S(=O)(=O)NC1CCCC1C. The van der Waals surface area contributed by atoms with E-state index in [1.165, 1.54) is 12.8 Å². The Bertz CT molecular complexity index is 605. The lowest BCUT2D eigenvalue weighted by molar-refractivity contribution is 0.476. The van der Waals surface area contributed by atoms with Crippen molar-refractivity contribution in [2.45, 2.75) is 69.5 Å². The second kappa shape index (κ2) is 5.99. The molecule has 2 unspecified atom stereocenters. The molecule has 1 aromatic heterocycles. The minimum atomic E-state index is -3.38. The van der Waals surface area contributed by atoms with E-state index in [0.717, 1.165) is 35.6 Å². The van der Waals surface area contributed by atoms with Crippen LogP contribution in [-0.2, 0) is 16.6 Å². The van der Waals surface area contributed by atoms with Crippen molar-refractivity contribution in [2.75, 3.05) is 0 Å². The first-order valence-electron chi connectivity index (χ1n) is 7.81. The van der Waals surface area contributed by atoms with Gasteiger partial charge in [-0.15, -0.1) is 11.3 Å². The van der Waals surface area contributed by atoms with Crippen molar-refractivity contribution in [1.29, 1.82) is 0 Å². The summed E-state index contributed by atoms with van der Waals surface area (Å²) in [5.41, 5.74) is 0. The molecule has 2 fully saturated rings. The zero-order valence-electron chi connectivity index (χ0n) is 12.7. The van der Waals surface area contributed by atoms with Gasteiger partial charge in [-0.25, -0.2) is 13.1 Å². The van der Waals surface area contributed by atoms with Crippen LogP contribution >= 0.6 is 11.3 Å². The number of thiophene rings is 1. The molecule has 0 saturated heterocycles. The molecule has 0 aliphatic heterocycles. The van der Waals surface area contributed by atoms with E-state index in [0.29, 0.717) is 16.9 Å². The van der Waals surface area contributed by atoms with Gasteiger partial charge >= 0.3 is 0 Å². The Morgan fingerprint density at radius 1 is 1.29 bits per heavy atom. The lowest BCUT2D eigenvalue weighted by Gasteiger charge is -2.17. The number of rotatable bonds is 6. The minimum Gasteiger partial charge on any atom is -0.309 e. The second-order valence-electron chi connectivity index (χ2n) is 6.42. The number of aryl methyl sites for hydroxylation is 1. The first-order chi connectivity index (χ1) is 9.95. The highest BCUT2D eigenvalue weighted by Crippen LogP contribution is 2.30.